The second-order valence-corrected chi connectivity index (χ2v) is 27.6. The number of benzene rings is 4. The molecule has 26 heteroatoms. The number of nitrogens with two attached hydrogens (primary N) is 2. The number of likely N-dealkylation sites (tertiary alicyclic amines) is 2. The van der Waals surface area contributed by atoms with Crippen LogP contribution < -0.4 is 51.7 Å². The lowest BCUT2D eigenvalue weighted by molar-refractivity contribution is 0.0516. The summed E-state index contributed by atoms with van der Waals surface area (Å²) in [5, 5.41) is 12.3. The van der Waals surface area contributed by atoms with E-state index in [4.69, 9.17) is 63.1 Å². The molecule has 2 heterocycles. The minimum absolute atomic E-state index is 0.0692. The van der Waals surface area contributed by atoms with Crippen molar-refractivity contribution in [1.82, 2.24) is 40.5 Å². The van der Waals surface area contributed by atoms with Gasteiger partial charge >= 0.3 is 12.1 Å². The molecule has 2 aliphatic carbocycles. The molecule has 2 aliphatic heterocycles. The van der Waals surface area contributed by atoms with Gasteiger partial charge in [-0.2, -0.15) is 0 Å². The van der Waals surface area contributed by atoms with Gasteiger partial charge in [-0.1, -0.05) is 23.2 Å². The number of fused-ring (bicyclic) bond motifs is 2. The fraction of sp³-hybridized carbons (Fsp3) is 0.581. The molecule has 0 radical (unpaired) electrons. The number of amides is 4. The Hall–Kier alpha value is -4.90. The molecule has 4 amide bonds. The molecule has 2 fully saturated rings. The Morgan fingerprint density at radius 2 is 0.886 bits per heavy atom. The Morgan fingerprint density at radius 1 is 0.511 bits per heavy atom. The average molecular weight is 1300 g/mol. The second-order valence-electron chi connectivity index (χ2n) is 23.2. The van der Waals surface area contributed by atoms with Crippen molar-refractivity contribution in [2.24, 2.45) is 11.5 Å². The van der Waals surface area contributed by atoms with Crippen molar-refractivity contribution in [3.63, 3.8) is 0 Å². The van der Waals surface area contributed by atoms with Gasteiger partial charge in [-0.3, -0.25) is 9.80 Å². The average Bonchev–Trinajstić information content (AvgIpc) is 2.55. The molecule has 4 aliphatic rings. The molecule has 0 bridgehead atoms. The molecule has 0 saturated carbocycles. The van der Waals surface area contributed by atoms with E-state index in [-0.39, 0.29) is 137 Å². The SMILES string of the molecule is Cc1cc(S(=O)(=O)NCCOCCOCCNC(=O)NCCCCNC(=O)NCCOCCOCCNS(=O)(=O)c2ccc(O[C@H]3c4cc(Cl)cc(C)c4C[C@@H]3N3CCC[C@@H](N)C3)c(C)c2)ccc1O[C@H]1c2cc(Cl)cc(C)c2C[C@@H]1N1CCC[C@@H](N)C1. The monoisotopic (exact) mass is 1300 g/mol. The fourth-order valence-electron chi connectivity index (χ4n) is 12.0. The van der Waals surface area contributed by atoms with Crippen LogP contribution >= 0.6 is 23.2 Å². The molecule has 486 valence electrons. The lowest BCUT2D eigenvalue weighted by Gasteiger charge is -2.38. The van der Waals surface area contributed by atoms with Crippen LogP contribution in [0.3, 0.4) is 0 Å². The molecule has 2 saturated heterocycles. The van der Waals surface area contributed by atoms with Gasteiger partial charge in [0.1, 0.15) is 23.7 Å². The summed E-state index contributed by atoms with van der Waals surface area (Å²) in [5.41, 5.74) is 21.0. The van der Waals surface area contributed by atoms with Crippen LogP contribution in [0.25, 0.3) is 0 Å². The zero-order chi connectivity index (χ0) is 62.8. The van der Waals surface area contributed by atoms with Gasteiger partial charge in [-0.05, 0) is 197 Å². The highest BCUT2D eigenvalue weighted by molar-refractivity contribution is 7.89. The molecule has 4 aromatic rings. The lowest BCUT2D eigenvalue weighted by Crippen LogP contribution is -2.49. The maximum atomic E-state index is 13.2. The quantitative estimate of drug-likeness (QED) is 0.0259. The largest absolute Gasteiger partial charge is 0.484 e. The first-order valence-electron chi connectivity index (χ1n) is 30.7. The van der Waals surface area contributed by atoms with E-state index >= 15 is 0 Å². The predicted octanol–water partition coefficient (Wildman–Crippen LogP) is 5.86. The van der Waals surface area contributed by atoms with E-state index in [0.29, 0.717) is 58.6 Å². The van der Waals surface area contributed by atoms with E-state index in [2.05, 4.69) is 54.4 Å². The fourth-order valence-corrected chi connectivity index (χ4v) is 14.8. The van der Waals surface area contributed by atoms with Crippen molar-refractivity contribution in [3.05, 3.63) is 115 Å². The molecular formula is C62H90Cl2N10O12S2. The van der Waals surface area contributed by atoms with Crippen LogP contribution in [0.4, 0.5) is 9.59 Å². The van der Waals surface area contributed by atoms with Crippen LogP contribution in [0.1, 0.15) is 95.2 Å². The smallest absolute Gasteiger partial charge is 0.314 e. The first-order chi connectivity index (χ1) is 42.3. The molecule has 4 aromatic carbocycles. The van der Waals surface area contributed by atoms with Crippen molar-refractivity contribution in [1.29, 1.82) is 0 Å². The number of piperidine rings is 2. The van der Waals surface area contributed by atoms with E-state index in [0.717, 1.165) is 87.0 Å². The summed E-state index contributed by atoms with van der Waals surface area (Å²) in [6, 6.07) is 17.4. The number of unbranched alkanes of at least 4 members (excludes halogenated alkanes) is 1. The topological polar surface area (TPSA) is 288 Å². The number of nitrogens with one attached hydrogen (secondary N) is 6. The first kappa shape index (κ1) is 69.0. The molecular weight excluding hydrogens is 1210 g/mol. The van der Waals surface area contributed by atoms with E-state index in [1.165, 1.54) is 11.1 Å². The standard InChI is InChI=1S/C62H90Cl2N10O12S2/c1-41-31-45(63)35-53-51(41)37-55(73-21-7-9-47(65)39-73)59(53)85-57-13-11-49(33-43(57)3)87(77,78)71-19-25-83-29-27-81-23-17-69-61(75)67-15-5-6-16-68-62(76)70-18-24-82-28-30-84-26-20-72-88(79,80)50-12-14-58(44(4)34-50)86-60-54-36-46(64)32-42(2)52(54)38-56(60)74-22-8-10-48(66)40-74/h11-14,31-36,47-48,55-56,59-60,71-72H,5-10,15-30,37-40,65-66H2,1-4H3,(H2,67,69,75)(H2,68,70,76)/t47-,48-,55+,56+,59+,60+/m1/s1. The Morgan fingerprint density at radius 3 is 1.26 bits per heavy atom. The van der Waals surface area contributed by atoms with Crippen LogP contribution in [0.5, 0.6) is 11.5 Å². The number of urea groups is 2. The molecule has 22 nitrogen and oxygen atoms in total. The Bertz CT molecular complexity index is 3000. The summed E-state index contributed by atoms with van der Waals surface area (Å²) < 4.78 is 93.7. The van der Waals surface area contributed by atoms with E-state index in [1.807, 2.05) is 38.1 Å². The van der Waals surface area contributed by atoms with Gasteiger partial charge in [0.15, 0.2) is 0 Å². The third-order valence-corrected chi connectivity index (χ3v) is 19.8. The summed E-state index contributed by atoms with van der Waals surface area (Å²) in [5.74, 6) is 1.22. The zero-order valence-electron chi connectivity index (χ0n) is 51.1. The highest BCUT2D eigenvalue weighted by Gasteiger charge is 2.42. The second kappa shape index (κ2) is 33.4. The number of ether oxygens (including phenoxy) is 6. The van der Waals surface area contributed by atoms with Gasteiger partial charge in [-0.15, -0.1) is 0 Å². The predicted molar refractivity (Wildman–Crippen MR) is 340 cm³/mol. The van der Waals surface area contributed by atoms with Crippen molar-refractivity contribution >= 4 is 55.3 Å². The van der Waals surface area contributed by atoms with E-state index < -0.39 is 20.0 Å². The summed E-state index contributed by atoms with van der Waals surface area (Å²) in [6.07, 6.45) is 6.45. The zero-order valence-corrected chi connectivity index (χ0v) is 54.3. The summed E-state index contributed by atoms with van der Waals surface area (Å²) >= 11 is 13.1. The molecule has 8 rings (SSSR count). The molecule has 10 N–H and O–H groups in total. The highest BCUT2D eigenvalue weighted by atomic mass is 35.5. The number of halogens is 2. The van der Waals surface area contributed by atoms with Crippen LogP contribution in [-0.2, 0) is 51.8 Å². The number of hydrogen-bond donors (Lipinski definition) is 8. The summed E-state index contributed by atoms with van der Waals surface area (Å²) in [6.45, 7) is 14.7. The Balaban J connectivity index is 0.591. The van der Waals surface area contributed by atoms with Crippen molar-refractivity contribution in [3.8, 4) is 11.5 Å². The lowest BCUT2D eigenvalue weighted by atomic mass is 10.0. The van der Waals surface area contributed by atoms with Gasteiger partial charge in [0.05, 0.1) is 74.7 Å². The van der Waals surface area contributed by atoms with E-state index in [1.54, 1.807) is 36.4 Å². The maximum absolute atomic E-state index is 13.2. The third-order valence-electron chi connectivity index (χ3n) is 16.5. The normalized spacial score (nSPS) is 20.5. The van der Waals surface area contributed by atoms with Crippen LogP contribution in [-0.4, -0.2) is 181 Å². The molecule has 88 heavy (non-hydrogen) atoms. The Labute approximate surface area is 529 Å². The van der Waals surface area contributed by atoms with Gasteiger partial charge in [0.25, 0.3) is 0 Å². The number of hydrogen-bond acceptors (Lipinski definition) is 16. The first-order valence-corrected chi connectivity index (χ1v) is 34.4. The Kier molecular flexibility index (Phi) is 26.2. The van der Waals surface area contributed by atoms with Crippen molar-refractivity contribution in [2.75, 3.05) is 118 Å². The highest BCUT2D eigenvalue weighted by Crippen LogP contribution is 2.44. The number of aryl methyl sites for hydroxylation is 4. The van der Waals surface area contributed by atoms with Gasteiger partial charge in [0, 0.05) is 74.5 Å². The number of sulfonamides is 2. The third kappa shape index (κ3) is 19.8. The van der Waals surface area contributed by atoms with Crippen molar-refractivity contribution < 1.29 is 54.8 Å². The van der Waals surface area contributed by atoms with Gasteiger partial charge < -0.3 is 61.2 Å². The number of rotatable bonds is 33. The maximum Gasteiger partial charge on any atom is 0.314 e. The summed E-state index contributed by atoms with van der Waals surface area (Å²) in [7, 11) is -7.64. The molecule has 6 atom stereocenters. The van der Waals surface area contributed by atoms with Gasteiger partial charge in [-0.25, -0.2) is 35.9 Å². The molecule has 0 spiro atoms. The number of carbonyl (C=O) groups is 2. The van der Waals surface area contributed by atoms with Gasteiger partial charge in [0.2, 0.25) is 20.0 Å². The van der Waals surface area contributed by atoms with Crippen LogP contribution in [0, 0.1) is 27.7 Å². The molecule has 0 unspecified atom stereocenters. The molecule has 0 aromatic heterocycles. The van der Waals surface area contributed by atoms with Crippen LogP contribution in [0.2, 0.25) is 10.0 Å². The van der Waals surface area contributed by atoms with Crippen molar-refractivity contribution in [2.45, 2.75) is 125 Å². The van der Waals surface area contributed by atoms with E-state index in [9.17, 15) is 26.4 Å². The number of nitrogens with zero attached hydrogens (tertiary/aromatic N) is 2. The summed E-state index contributed by atoms with van der Waals surface area (Å²) in [4.78, 5) is 29.5. The minimum Gasteiger partial charge on any atom is -0.484 e. The minimum atomic E-state index is -3.82. The number of carbonyl (C=O) groups excluding carboxylic acids is 2. The van der Waals surface area contributed by atoms with Crippen LogP contribution in [0.15, 0.2) is 70.5 Å².